The second-order valence-corrected chi connectivity index (χ2v) is 4.28. The van der Waals surface area contributed by atoms with E-state index in [9.17, 15) is 9.59 Å². The molecule has 0 fully saturated rings. The minimum absolute atomic E-state index is 0.148. The number of alkyl halides is 1. The van der Waals surface area contributed by atoms with Crippen LogP contribution in [0.2, 0.25) is 0 Å². The van der Waals surface area contributed by atoms with Gasteiger partial charge in [0.05, 0.1) is 7.11 Å². The van der Waals surface area contributed by atoms with Crippen LogP contribution in [-0.2, 0) is 19.1 Å². The highest BCUT2D eigenvalue weighted by molar-refractivity contribution is 9.09. The molecule has 1 unspecified atom stereocenters. The van der Waals surface area contributed by atoms with Crippen molar-refractivity contribution in [1.82, 2.24) is 0 Å². The van der Waals surface area contributed by atoms with Gasteiger partial charge >= 0.3 is 11.9 Å². The first-order valence-corrected chi connectivity index (χ1v) is 6.82. The summed E-state index contributed by atoms with van der Waals surface area (Å²) in [6.45, 7) is 0.182. The summed E-state index contributed by atoms with van der Waals surface area (Å²) in [5, 5.41) is 0.148. The highest BCUT2D eigenvalue weighted by Gasteiger charge is 2.11. The van der Waals surface area contributed by atoms with Crippen molar-refractivity contribution in [2.45, 2.75) is 5.92 Å². The number of halogens is 1. The Labute approximate surface area is 120 Å². The molecule has 4 nitrogen and oxygen atoms in total. The van der Waals surface area contributed by atoms with Gasteiger partial charge in [-0.2, -0.15) is 0 Å². The molecule has 1 aromatic carbocycles. The zero-order valence-corrected chi connectivity index (χ0v) is 12.1. The maximum absolute atomic E-state index is 11.2. The van der Waals surface area contributed by atoms with Crippen LogP contribution >= 0.6 is 15.9 Å². The van der Waals surface area contributed by atoms with Crippen LogP contribution in [0.1, 0.15) is 11.5 Å². The van der Waals surface area contributed by atoms with Crippen LogP contribution < -0.4 is 0 Å². The number of esters is 2. The van der Waals surface area contributed by atoms with Crippen LogP contribution in [-0.4, -0.2) is 31.0 Å². The van der Waals surface area contributed by atoms with Gasteiger partial charge in [0.25, 0.3) is 0 Å². The maximum atomic E-state index is 11.2. The van der Waals surface area contributed by atoms with Gasteiger partial charge in [-0.05, 0) is 5.56 Å². The van der Waals surface area contributed by atoms with Crippen molar-refractivity contribution in [3.63, 3.8) is 0 Å². The van der Waals surface area contributed by atoms with Crippen LogP contribution in [0.4, 0.5) is 0 Å². The van der Waals surface area contributed by atoms with Gasteiger partial charge in [-0.25, -0.2) is 4.79 Å². The predicted octanol–water partition coefficient (Wildman–Crippen LogP) is 2.44. The Kier molecular flexibility index (Phi) is 6.89. The van der Waals surface area contributed by atoms with Crippen LogP contribution in [0.25, 0.3) is 0 Å². The molecule has 0 aliphatic heterocycles. The summed E-state index contributed by atoms with van der Waals surface area (Å²) < 4.78 is 9.63. The summed E-state index contributed by atoms with van der Waals surface area (Å²) in [5.41, 5.74) is 0.963. The molecule has 1 rings (SSSR count). The summed E-state index contributed by atoms with van der Waals surface area (Å²) in [7, 11) is 1.31. The fourth-order valence-corrected chi connectivity index (χ4v) is 1.61. The summed E-state index contributed by atoms with van der Waals surface area (Å²) in [6, 6.07) is 9.50. The summed E-state index contributed by atoms with van der Waals surface area (Å²) in [5.74, 6) is -0.955. The van der Waals surface area contributed by atoms with E-state index >= 15 is 0 Å². The van der Waals surface area contributed by atoms with E-state index in [1.165, 1.54) is 13.2 Å². The first-order valence-electron chi connectivity index (χ1n) is 5.70. The van der Waals surface area contributed by atoms with Crippen LogP contribution in [0.5, 0.6) is 0 Å². The molecule has 0 aromatic heterocycles. The largest absolute Gasteiger partial charge is 0.466 e. The summed E-state index contributed by atoms with van der Waals surface area (Å²) in [4.78, 5) is 22.3. The molecule has 5 heteroatoms. The number of hydrogen-bond acceptors (Lipinski definition) is 4. The molecule has 0 radical (unpaired) electrons. The molecule has 0 saturated carbocycles. The molecule has 1 aromatic rings. The Balaban J connectivity index is 2.76. The van der Waals surface area contributed by atoms with Crippen molar-refractivity contribution in [3.05, 3.63) is 48.0 Å². The van der Waals surface area contributed by atoms with E-state index in [4.69, 9.17) is 4.74 Å². The Morgan fingerprint density at radius 1 is 1.32 bits per heavy atom. The van der Waals surface area contributed by atoms with E-state index in [2.05, 4.69) is 20.7 Å². The topological polar surface area (TPSA) is 52.6 Å². The molecule has 0 saturated heterocycles. The second kappa shape index (κ2) is 8.48. The highest BCUT2D eigenvalue weighted by atomic mass is 79.9. The van der Waals surface area contributed by atoms with Crippen LogP contribution in [0, 0.1) is 0 Å². The molecular formula is C14H15BrO4. The smallest absolute Gasteiger partial charge is 0.330 e. The van der Waals surface area contributed by atoms with Gasteiger partial charge in [0.2, 0.25) is 0 Å². The third-order valence-corrected chi connectivity index (χ3v) is 2.88. The third kappa shape index (κ3) is 5.70. The SMILES string of the molecule is COC(=O)/C=C/C(COC(=O)CBr)c1ccccc1. The average molecular weight is 327 g/mol. The number of carbonyl (C=O) groups is 2. The van der Waals surface area contributed by atoms with E-state index < -0.39 is 5.97 Å². The zero-order valence-electron chi connectivity index (χ0n) is 10.5. The quantitative estimate of drug-likeness (QED) is 0.457. The molecule has 0 N–H and O–H groups in total. The maximum Gasteiger partial charge on any atom is 0.330 e. The van der Waals surface area contributed by atoms with Gasteiger partial charge in [-0.15, -0.1) is 0 Å². The Morgan fingerprint density at radius 3 is 2.58 bits per heavy atom. The number of rotatable bonds is 6. The second-order valence-electron chi connectivity index (χ2n) is 3.72. The van der Waals surface area contributed by atoms with Gasteiger partial charge in [-0.3, -0.25) is 4.79 Å². The lowest BCUT2D eigenvalue weighted by Crippen LogP contribution is -2.12. The molecule has 0 heterocycles. The lowest BCUT2D eigenvalue weighted by atomic mass is 9.99. The average Bonchev–Trinajstić information content (AvgIpc) is 2.47. The van der Waals surface area contributed by atoms with Gasteiger partial charge < -0.3 is 9.47 Å². The lowest BCUT2D eigenvalue weighted by molar-refractivity contribution is -0.140. The number of benzene rings is 1. The lowest BCUT2D eigenvalue weighted by Gasteiger charge is -2.13. The minimum atomic E-state index is -0.437. The van der Waals surface area contributed by atoms with E-state index in [0.29, 0.717) is 0 Å². The normalized spacial score (nSPS) is 12.1. The van der Waals surface area contributed by atoms with Crippen molar-refractivity contribution < 1.29 is 19.1 Å². The molecular weight excluding hydrogens is 312 g/mol. The Hall–Kier alpha value is -1.62. The summed E-state index contributed by atoms with van der Waals surface area (Å²) in [6.07, 6.45) is 3.00. The third-order valence-electron chi connectivity index (χ3n) is 2.43. The van der Waals surface area contributed by atoms with Crippen LogP contribution in [0.15, 0.2) is 42.5 Å². The molecule has 0 amide bonds. The monoisotopic (exact) mass is 326 g/mol. The Bertz CT molecular complexity index is 442. The first-order chi connectivity index (χ1) is 9.17. The predicted molar refractivity (Wildman–Crippen MR) is 75.1 cm³/mol. The van der Waals surface area contributed by atoms with Crippen LogP contribution in [0.3, 0.4) is 0 Å². The van der Waals surface area contributed by atoms with Gasteiger partial charge in [0, 0.05) is 12.0 Å². The number of carbonyl (C=O) groups excluding carboxylic acids is 2. The molecule has 19 heavy (non-hydrogen) atoms. The van der Waals surface area contributed by atoms with Gasteiger partial charge in [0.15, 0.2) is 0 Å². The van der Waals surface area contributed by atoms with E-state index in [1.807, 2.05) is 30.3 Å². The van der Waals surface area contributed by atoms with Gasteiger partial charge in [0.1, 0.15) is 11.9 Å². The van der Waals surface area contributed by atoms with Crippen molar-refractivity contribution in [3.8, 4) is 0 Å². The minimum Gasteiger partial charge on any atom is -0.466 e. The molecule has 0 bridgehead atoms. The van der Waals surface area contributed by atoms with Crippen molar-refractivity contribution in [2.24, 2.45) is 0 Å². The zero-order chi connectivity index (χ0) is 14.1. The number of ether oxygens (including phenoxy) is 2. The van der Waals surface area contributed by atoms with E-state index in [1.54, 1.807) is 6.08 Å². The van der Waals surface area contributed by atoms with Crippen molar-refractivity contribution in [1.29, 1.82) is 0 Å². The van der Waals surface area contributed by atoms with E-state index in [0.717, 1.165) is 5.56 Å². The fourth-order valence-electron chi connectivity index (χ4n) is 1.45. The molecule has 1 atom stereocenters. The van der Waals surface area contributed by atoms with Crippen molar-refractivity contribution in [2.75, 3.05) is 19.0 Å². The van der Waals surface area contributed by atoms with E-state index in [-0.39, 0.29) is 23.8 Å². The number of methoxy groups -OCH3 is 1. The van der Waals surface area contributed by atoms with Crippen molar-refractivity contribution >= 4 is 27.9 Å². The molecule has 0 aliphatic rings. The molecule has 0 spiro atoms. The molecule has 0 aliphatic carbocycles. The fraction of sp³-hybridized carbons (Fsp3) is 0.286. The number of hydrogen-bond donors (Lipinski definition) is 0. The summed E-state index contributed by atoms with van der Waals surface area (Å²) >= 11 is 3.03. The molecule has 102 valence electrons. The van der Waals surface area contributed by atoms with Gasteiger partial charge in [-0.1, -0.05) is 52.3 Å². The first kappa shape index (κ1) is 15.4. The highest BCUT2D eigenvalue weighted by Crippen LogP contribution is 2.17. The standard InChI is InChI=1S/C14H15BrO4/c1-18-13(16)8-7-12(10-19-14(17)9-15)11-5-3-2-4-6-11/h2-8,12H,9-10H2,1H3/b8-7+. The Morgan fingerprint density at radius 2 is 2.00 bits per heavy atom.